The van der Waals surface area contributed by atoms with Crippen LogP contribution in [0.5, 0.6) is 0 Å². The lowest BCUT2D eigenvalue weighted by Gasteiger charge is -2.11. The van der Waals surface area contributed by atoms with Gasteiger partial charge in [0.25, 0.3) is 5.91 Å². The Morgan fingerprint density at radius 2 is 2.25 bits per heavy atom. The quantitative estimate of drug-likeness (QED) is 0.699. The van der Waals surface area contributed by atoms with Gasteiger partial charge in [-0.25, -0.2) is 4.98 Å². The molecule has 7 nitrogen and oxygen atoms in total. The highest BCUT2D eigenvalue weighted by molar-refractivity contribution is 5.92. The van der Waals surface area contributed by atoms with Crippen molar-refractivity contribution < 1.29 is 9.59 Å². The molecule has 1 saturated carbocycles. The molecule has 2 amide bonds. The number of hydrogen-bond donors (Lipinski definition) is 2. The number of hydrogen-bond acceptors (Lipinski definition) is 4. The largest absolute Gasteiger partial charge is 0.368 e. The zero-order chi connectivity index (χ0) is 11.7. The van der Waals surface area contributed by atoms with Gasteiger partial charge in [0.05, 0.1) is 6.54 Å². The molecule has 1 fully saturated rings. The highest BCUT2D eigenvalue weighted by atomic mass is 16.2. The maximum Gasteiger partial charge on any atom is 0.293 e. The van der Waals surface area contributed by atoms with Gasteiger partial charge in [-0.05, 0) is 12.8 Å². The highest BCUT2D eigenvalue weighted by Crippen LogP contribution is 2.37. The summed E-state index contributed by atoms with van der Waals surface area (Å²) in [5, 5.41) is 6.56. The van der Waals surface area contributed by atoms with Crippen LogP contribution in [-0.4, -0.2) is 45.5 Å². The topological polar surface area (TPSA) is 105 Å². The second kappa shape index (κ2) is 3.92. The van der Waals surface area contributed by atoms with Crippen molar-refractivity contribution in [1.29, 1.82) is 0 Å². The minimum absolute atomic E-state index is 0.0886. The average molecular weight is 223 g/mol. The number of nitrogens with two attached hydrogens (primary N) is 1. The van der Waals surface area contributed by atoms with Crippen molar-refractivity contribution in [2.75, 3.05) is 13.6 Å². The van der Waals surface area contributed by atoms with E-state index >= 15 is 0 Å². The van der Waals surface area contributed by atoms with Gasteiger partial charge in [-0.1, -0.05) is 0 Å². The van der Waals surface area contributed by atoms with Crippen LogP contribution in [0.1, 0.15) is 35.2 Å². The highest BCUT2D eigenvalue weighted by Gasteiger charge is 2.28. The number of amides is 2. The van der Waals surface area contributed by atoms with Crippen LogP contribution in [0.15, 0.2) is 0 Å². The lowest BCUT2D eigenvalue weighted by Crippen LogP contribution is -2.35. The number of nitrogens with zero attached hydrogens (tertiary/aromatic N) is 3. The predicted molar refractivity (Wildman–Crippen MR) is 54.5 cm³/mol. The smallest absolute Gasteiger partial charge is 0.293 e. The number of aromatic amines is 1. The Kier molecular flexibility index (Phi) is 2.59. The number of likely N-dealkylation sites (N-methyl/N-ethyl adjacent to an activating group) is 1. The lowest BCUT2D eigenvalue weighted by atomic mass is 10.4. The van der Waals surface area contributed by atoms with E-state index in [0.717, 1.165) is 18.7 Å². The summed E-state index contributed by atoms with van der Waals surface area (Å²) >= 11 is 0. The van der Waals surface area contributed by atoms with Gasteiger partial charge in [0.1, 0.15) is 5.82 Å². The normalized spacial score (nSPS) is 14.8. The second-order valence-electron chi connectivity index (χ2n) is 3.95. The summed E-state index contributed by atoms with van der Waals surface area (Å²) in [6.07, 6.45) is 2.17. The van der Waals surface area contributed by atoms with Gasteiger partial charge in [0.15, 0.2) is 0 Å². The third-order valence-corrected chi connectivity index (χ3v) is 2.40. The maximum absolute atomic E-state index is 11.7. The van der Waals surface area contributed by atoms with E-state index in [1.54, 1.807) is 0 Å². The minimum atomic E-state index is -0.561. The van der Waals surface area contributed by atoms with Crippen LogP contribution < -0.4 is 5.73 Å². The van der Waals surface area contributed by atoms with Crippen molar-refractivity contribution in [2.45, 2.75) is 18.8 Å². The maximum atomic E-state index is 11.7. The molecule has 0 radical (unpaired) electrons. The van der Waals surface area contributed by atoms with E-state index in [2.05, 4.69) is 15.2 Å². The van der Waals surface area contributed by atoms with Crippen LogP contribution in [0.3, 0.4) is 0 Å². The van der Waals surface area contributed by atoms with Crippen LogP contribution in [0.25, 0.3) is 0 Å². The number of primary amides is 1. The molecule has 1 heterocycles. The molecule has 0 unspecified atom stereocenters. The minimum Gasteiger partial charge on any atom is -0.368 e. The third-order valence-electron chi connectivity index (χ3n) is 2.40. The number of nitrogens with one attached hydrogen (secondary N) is 1. The van der Waals surface area contributed by atoms with Crippen molar-refractivity contribution in [2.24, 2.45) is 5.73 Å². The molecular formula is C9H13N5O2. The first-order chi connectivity index (χ1) is 7.58. The molecule has 0 aromatic carbocycles. The number of carbonyl (C=O) groups is 2. The molecule has 1 aliphatic rings. The molecule has 0 saturated heterocycles. The Bertz CT molecular complexity index is 423. The molecular weight excluding hydrogens is 210 g/mol. The monoisotopic (exact) mass is 223 g/mol. The first-order valence-corrected chi connectivity index (χ1v) is 5.04. The van der Waals surface area contributed by atoms with E-state index in [1.807, 2.05) is 0 Å². The fraction of sp³-hybridized carbons (Fsp3) is 0.556. The van der Waals surface area contributed by atoms with Crippen molar-refractivity contribution in [3.05, 3.63) is 11.6 Å². The molecule has 16 heavy (non-hydrogen) atoms. The Balaban J connectivity index is 2.04. The van der Waals surface area contributed by atoms with Gasteiger partial charge in [0.2, 0.25) is 11.7 Å². The molecule has 86 valence electrons. The molecule has 1 aliphatic carbocycles. The summed E-state index contributed by atoms with van der Waals surface area (Å²) in [6, 6.07) is 0. The second-order valence-corrected chi connectivity index (χ2v) is 3.95. The van der Waals surface area contributed by atoms with Crippen molar-refractivity contribution in [3.63, 3.8) is 0 Å². The van der Waals surface area contributed by atoms with Gasteiger partial charge < -0.3 is 10.6 Å². The van der Waals surface area contributed by atoms with E-state index in [9.17, 15) is 9.59 Å². The Morgan fingerprint density at radius 1 is 1.56 bits per heavy atom. The summed E-state index contributed by atoms with van der Waals surface area (Å²) in [7, 11) is 1.49. The fourth-order valence-corrected chi connectivity index (χ4v) is 1.39. The van der Waals surface area contributed by atoms with Gasteiger partial charge in [-0.15, -0.1) is 5.10 Å². The van der Waals surface area contributed by atoms with E-state index in [4.69, 9.17) is 5.73 Å². The van der Waals surface area contributed by atoms with Gasteiger partial charge in [0, 0.05) is 13.0 Å². The Morgan fingerprint density at radius 3 is 2.81 bits per heavy atom. The Labute approximate surface area is 92.0 Å². The first kappa shape index (κ1) is 10.6. The van der Waals surface area contributed by atoms with Gasteiger partial charge in [-0.3, -0.25) is 14.7 Å². The van der Waals surface area contributed by atoms with Crippen LogP contribution in [0.2, 0.25) is 0 Å². The third kappa shape index (κ3) is 2.18. The number of rotatable bonds is 4. The molecule has 0 aliphatic heterocycles. The van der Waals surface area contributed by atoms with Crippen LogP contribution in [0.4, 0.5) is 0 Å². The number of aromatic nitrogens is 3. The van der Waals surface area contributed by atoms with Gasteiger partial charge in [-0.2, -0.15) is 0 Å². The summed E-state index contributed by atoms with van der Waals surface area (Å²) in [6.45, 7) is -0.133. The van der Waals surface area contributed by atoms with Crippen LogP contribution in [-0.2, 0) is 4.79 Å². The molecule has 3 N–H and O–H groups in total. The first-order valence-electron chi connectivity index (χ1n) is 5.04. The van der Waals surface area contributed by atoms with E-state index < -0.39 is 11.8 Å². The van der Waals surface area contributed by atoms with E-state index in [1.165, 1.54) is 11.9 Å². The molecule has 1 aromatic heterocycles. The summed E-state index contributed by atoms with van der Waals surface area (Å²) in [5.74, 6) is 0.285. The molecule has 0 bridgehead atoms. The van der Waals surface area contributed by atoms with Crippen LogP contribution in [0, 0.1) is 0 Å². The van der Waals surface area contributed by atoms with Crippen molar-refractivity contribution in [3.8, 4) is 0 Å². The standard InChI is InChI=1S/C9H13N5O2/c1-14(4-6(10)15)9(16)8-11-7(12-13-8)5-2-3-5/h5H,2-4H2,1H3,(H2,10,15)(H,11,12,13). The summed E-state index contributed by atoms with van der Waals surface area (Å²) < 4.78 is 0. The Hall–Kier alpha value is -1.92. The molecule has 0 spiro atoms. The van der Waals surface area contributed by atoms with Crippen molar-refractivity contribution >= 4 is 11.8 Å². The van der Waals surface area contributed by atoms with E-state index in [0.29, 0.717) is 5.92 Å². The summed E-state index contributed by atoms with van der Waals surface area (Å²) in [4.78, 5) is 27.6. The molecule has 0 atom stereocenters. The predicted octanol–water partition coefficient (Wildman–Crippen LogP) is -0.761. The average Bonchev–Trinajstić information content (AvgIpc) is 2.95. The SMILES string of the molecule is CN(CC(N)=O)C(=O)c1n[nH]c(C2CC2)n1. The van der Waals surface area contributed by atoms with Crippen LogP contribution >= 0.6 is 0 Å². The van der Waals surface area contributed by atoms with Crippen molar-refractivity contribution in [1.82, 2.24) is 20.1 Å². The zero-order valence-corrected chi connectivity index (χ0v) is 8.93. The molecule has 7 heteroatoms. The fourth-order valence-electron chi connectivity index (χ4n) is 1.39. The zero-order valence-electron chi connectivity index (χ0n) is 8.93. The van der Waals surface area contributed by atoms with E-state index in [-0.39, 0.29) is 12.4 Å². The number of H-pyrrole nitrogens is 1. The molecule has 1 aromatic rings. The number of carbonyl (C=O) groups excluding carboxylic acids is 2. The summed E-state index contributed by atoms with van der Waals surface area (Å²) in [5.41, 5.74) is 4.99. The lowest BCUT2D eigenvalue weighted by molar-refractivity contribution is -0.118. The van der Waals surface area contributed by atoms with Gasteiger partial charge >= 0.3 is 0 Å². The molecule has 2 rings (SSSR count).